The van der Waals surface area contributed by atoms with E-state index >= 15 is 0 Å². The summed E-state index contributed by atoms with van der Waals surface area (Å²) in [7, 11) is 0. The molecule has 0 radical (unpaired) electrons. The number of benzene rings is 2. The zero-order valence-corrected chi connectivity index (χ0v) is 14.4. The topological polar surface area (TPSA) is 80.4 Å². The molecule has 27 heavy (non-hydrogen) atoms. The van der Waals surface area contributed by atoms with E-state index in [1.807, 2.05) is 6.07 Å². The largest absolute Gasteiger partial charge is 0.486 e. The van der Waals surface area contributed by atoms with Gasteiger partial charge in [0.1, 0.15) is 19.0 Å². The van der Waals surface area contributed by atoms with Crippen molar-refractivity contribution in [1.82, 2.24) is 10.3 Å². The molecule has 2 aromatic carbocycles. The molecule has 0 fully saturated rings. The van der Waals surface area contributed by atoms with E-state index in [1.165, 1.54) is 24.3 Å². The van der Waals surface area contributed by atoms with Crippen LogP contribution in [0.5, 0.6) is 11.5 Å². The first-order chi connectivity index (χ1) is 13.1. The van der Waals surface area contributed by atoms with E-state index in [1.54, 1.807) is 12.1 Å². The fourth-order valence-electron chi connectivity index (χ4n) is 2.99. The van der Waals surface area contributed by atoms with Crippen molar-refractivity contribution in [1.29, 1.82) is 0 Å². The van der Waals surface area contributed by atoms with Crippen LogP contribution in [0.1, 0.15) is 15.9 Å². The summed E-state index contributed by atoms with van der Waals surface area (Å²) in [6.45, 7) is 1.26. The van der Waals surface area contributed by atoms with Gasteiger partial charge in [0.25, 0.3) is 11.5 Å². The third-order valence-electron chi connectivity index (χ3n) is 4.37. The second-order valence-corrected chi connectivity index (χ2v) is 6.22. The molecular formula is C20H17FN2O4. The highest BCUT2D eigenvalue weighted by Gasteiger charge is 2.14. The molecule has 1 aliphatic rings. The van der Waals surface area contributed by atoms with Crippen LogP contribution < -0.4 is 20.3 Å². The molecule has 0 atom stereocenters. The van der Waals surface area contributed by atoms with Crippen LogP contribution in [-0.4, -0.2) is 30.6 Å². The summed E-state index contributed by atoms with van der Waals surface area (Å²) < 4.78 is 24.0. The molecule has 1 amide bonds. The number of pyridine rings is 1. The van der Waals surface area contributed by atoms with Crippen LogP contribution in [0.15, 0.2) is 47.3 Å². The van der Waals surface area contributed by atoms with E-state index in [4.69, 9.17) is 9.47 Å². The fourth-order valence-corrected chi connectivity index (χ4v) is 2.99. The normalized spacial score (nSPS) is 12.8. The van der Waals surface area contributed by atoms with Gasteiger partial charge in [-0.15, -0.1) is 0 Å². The lowest BCUT2D eigenvalue weighted by molar-refractivity contribution is 0.0954. The van der Waals surface area contributed by atoms with E-state index in [-0.39, 0.29) is 18.0 Å². The van der Waals surface area contributed by atoms with Crippen molar-refractivity contribution in [2.75, 3.05) is 19.8 Å². The first kappa shape index (κ1) is 17.1. The van der Waals surface area contributed by atoms with Crippen molar-refractivity contribution < 1.29 is 18.7 Å². The van der Waals surface area contributed by atoms with Gasteiger partial charge < -0.3 is 19.8 Å². The lowest BCUT2D eigenvalue weighted by atomic mass is 10.1. The minimum atomic E-state index is -0.397. The molecule has 1 aliphatic heterocycles. The molecule has 2 N–H and O–H groups in total. The van der Waals surface area contributed by atoms with E-state index in [2.05, 4.69) is 10.3 Å². The zero-order valence-electron chi connectivity index (χ0n) is 14.4. The smallest absolute Gasteiger partial charge is 0.251 e. The number of halogens is 1. The van der Waals surface area contributed by atoms with Crippen LogP contribution in [0.3, 0.4) is 0 Å². The van der Waals surface area contributed by atoms with E-state index in [0.29, 0.717) is 47.8 Å². The minimum absolute atomic E-state index is 0.213. The Morgan fingerprint density at radius 2 is 1.78 bits per heavy atom. The molecule has 3 aromatic rings. The third-order valence-corrected chi connectivity index (χ3v) is 4.37. The van der Waals surface area contributed by atoms with E-state index in [0.717, 1.165) is 5.39 Å². The first-order valence-electron chi connectivity index (χ1n) is 8.59. The quantitative estimate of drug-likeness (QED) is 0.741. The van der Waals surface area contributed by atoms with Gasteiger partial charge in [-0.05, 0) is 42.8 Å². The van der Waals surface area contributed by atoms with Crippen LogP contribution in [0, 0.1) is 5.82 Å². The SMILES string of the molecule is O=C(NCCc1cc2cc3c(cc2[nH]c1=O)OCCO3)c1ccc(F)cc1. The average Bonchev–Trinajstić information content (AvgIpc) is 2.67. The number of hydrogen-bond acceptors (Lipinski definition) is 4. The maximum Gasteiger partial charge on any atom is 0.251 e. The Labute approximate surface area is 153 Å². The Morgan fingerprint density at radius 3 is 2.52 bits per heavy atom. The van der Waals surface area contributed by atoms with Gasteiger partial charge in [-0.25, -0.2) is 4.39 Å². The van der Waals surface area contributed by atoms with E-state index < -0.39 is 5.82 Å². The van der Waals surface area contributed by atoms with Gasteiger partial charge in [0.2, 0.25) is 0 Å². The first-order valence-corrected chi connectivity index (χ1v) is 8.59. The number of aromatic nitrogens is 1. The number of H-pyrrole nitrogens is 1. The highest BCUT2D eigenvalue weighted by atomic mass is 19.1. The summed E-state index contributed by atoms with van der Waals surface area (Å²) in [5, 5.41) is 3.57. The van der Waals surface area contributed by atoms with Gasteiger partial charge in [-0.3, -0.25) is 9.59 Å². The van der Waals surface area contributed by atoms with Crippen molar-refractivity contribution in [3.8, 4) is 11.5 Å². The van der Waals surface area contributed by atoms with Crippen LogP contribution in [0.4, 0.5) is 4.39 Å². The predicted molar refractivity (Wildman–Crippen MR) is 98.0 cm³/mol. The number of carbonyl (C=O) groups excluding carboxylic acids is 1. The summed E-state index contributed by atoms with van der Waals surface area (Å²) in [5.41, 5.74) is 1.38. The van der Waals surface area contributed by atoms with Gasteiger partial charge >= 0.3 is 0 Å². The Kier molecular flexibility index (Phi) is 4.50. The van der Waals surface area contributed by atoms with E-state index in [9.17, 15) is 14.0 Å². The molecule has 0 aliphatic carbocycles. The second-order valence-electron chi connectivity index (χ2n) is 6.22. The number of nitrogens with one attached hydrogen (secondary N) is 2. The summed E-state index contributed by atoms with van der Waals surface area (Å²) in [6.07, 6.45) is 0.368. The van der Waals surface area contributed by atoms with Crippen molar-refractivity contribution >= 4 is 16.8 Å². The number of fused-ring (bicyclic) bond motifs is 2. The van der Waals surface area contributed by atoms with Crippen molar-refractivity contribution in [2.24, 2.45) is 0 Å². The lowest BCUT2D eigenvalue weighted by Gasteiger charge is -2.18. The van der Waals surface area contributed by atoms with Gasteiger partial charge in [0, 0.05) is 29.1 Å². The fraction of sp³-hybridized carbons (Fsp3) is 0.200. The molecule has 7 heteroatoms. The standard InChI is InChI=1S/C20H17FN2O4/c21-15-3-1-12(2-4-15)19(24)22-6-5-13-9-14-10-17-18(27-8-7-26-17)11-16(14)23-20(13)25/h1-4,9-11H,5-8H2,(H,22,24)(H,23,25). The maximum atomic E-state index is 12.9. The molecule has 138 valence electrons. The molecule has 4 rings (SSSR count). The summed E-state index contributed by atoms with van der Waals surface area (Å²) in [4.78, 5) is 27.2. The Balaban J connectivity index is 1.48. The number of carbonyl (C=O) groups is 1. The van der Waals surface area contributed by atoms with Crippen LogP contribution in [-0.2, 0) is 6.42 Å². The van der Waals surface area contributed by atoms with Crippen LogP contribution in [0.2, 0.25) is 0 Å². The average molecular weight is 368 g/mol. The van der Waals surface area contributed by atoms with Gasteiger partial charge in [0.15, 0.2) is 11.5 Å². The maximum absolute atomic E-state index is 12.9. The second kappa shape index (κ2) is 7.11. The molecule has 0 saturated carbocycles. The molecule has 0 saturated heterocycles. The van der Waals surface area contributed by atoms with Crippen LogP contribution >= 0.6 is 0 Å². The third kappa shape index (κ3) is 3.62. The zero-order chi connectivity index (χ0) is 18.8. The highest BCUT2D eigenvalue weighted by molar-refractivity contribution is 5.94. The predicted octanol–water partition coefficient (Wildman–Crippen LogP) is 2.41. The highest BCUT2D eigenvalue weighted by Crippen LogP contribution is 2.33. The number of ether oxygens (including phenoxy) is 2. The van der Waals surface area contributed by atoms with Gasteiger partial charge in [-0.2, -0.15) is 0 Å². The molecule has 0 bridgehead atoms. The summed E-state index contributed by atoms with van der Waals surface area (Å²) in [6, 6.07) is 10.7. The number of aromatic amines is 1. The monoisotopic (exact) mass is 368 g/mol. The summed E-state index contributed by atoms with van der Waals surface area (Å²) in [5.74, 6) is 0.553. The summed E-state index contributed by atoms with van der Waals surface area (Å²) >= 11 is 0. The number of rotatable bonds is 4. The molecule has 0 unspecified atom stereocenters. The molecular weight excluding hydrogens is 351 g/mol. The molecule has 6 nitrogen and oxygen atoms in total. The number of amides is 1. The molecule has 0 spiro atoms. The van der Waals surface area contributed by atoms with Crippen molar-refractivity contribution in [3.63, 3.8) is 0 Å². The lowest BCUT2D eigenvalue weighted by Crippen LogP contribution is -2.27. The molecule has 1 aromatic heterocycles. The Hall–Kier alpha value is -3.35. The van der Waals surface area contributed by atoms with Gasteiger partial charge in [-0.1, -0.05) is 0 Å². The van der Waals surface area contributed by atoms with Crippen LogP contribution in [0.25, 0.3) is 10.9 Å². The van der Waals surface area contributed by atoms with Crippen molar-refractivity contribution in [3.05, 3.63) is 69.8 Å². The molecule has 2 heterocycles. The Bertz CT molecular complexity index is 1060. The van der Waals surface area contributed by atoms with Crippen molar-refractivity contribution in [2.45, 2.75) is 6.42 Å². The number of hydrogen-bond donors (Lipinski definition) is 2. The van der Waals surface area contributed by atoms with Gasteiger partial charge in [0.05, 0.1) is 5.52 Å². The Morgan fingerprint density at radius 1 is 1.07 bits per heavy atom. The minimum Gasteiger partial charge on any atom is -0.486 e.